The lowest BCUT2D eigenvalue weighted by Gasteiger charge is -2.05. The van der Waals surface area contributed by atoms with Crippen LogP contribution in [0.3, 0.4) is 0 Å². The average Bonchev–Trinajstić information content (AvgIpc) is 2.48. The van der Waals surface area contributed by atoms with Crippen molar-refractivity contribution in [2.45, 2.75) is 19.8 Å². The Morgan fingerprint density at radius 3 is 2.05 bits per heavy atom. The molecule has 0 fully saturated rings. The molecule has 0 aliphatic carbocycles. The molecule has 0 aliphatic heterocycles. The third-order valence-electron chi connectivity index (χ3n) is 2.49. The van der Waals surface area contributed by atoms with Gasteiger partial charge in [0.05, 0.1) is 0 Å². The summed E-state index contributed by atoms with van der Waals surface area (Å²) < 4.78 is 23.6. The van der Waals surface area contributed by atoms with Crippen LogP contribution in [-0.2, 0) is 0 Å². The molecule has 2 nitrogen and oxygen atoms in total. The molecule has 0 atom stereocenters. The van der Waals surface area contributed by atoms with E-state index < -0.39 is 0 Å². The summed E-state index contributed by atoms with van der Waals surface area (Å²) in [6.07, 6.45) is 4.49. The summed E-state index contributed by atoms with van der Waals surface area (Å²) in [6, 6.07) is 13.0. The maximum Gasteiger partial charge on any atom is 0.140 e. The molecular formula is C17H15FO2. The molecule has 0 aliphatic rings. The molecule has 0 saturated heterocycles. The predicted molar refractivity (Wildman–Crippen MR) is 76.2 cm³/mol. The van der Waals surface area contributed by atoms with Crippen LogP contribution in [0.5, 0.6) is 17.2 Å². The molecule has 0 spiro atoms. The quantitative estimate of drug-likeness (QED) is 0.746. The molecule has 102 valence electrons. The van der Waals surface area contributed by atoms with Crippen molar-refractivity contribution in [1.29, 1.82) is 0 Å². The number of hydrogen-bond acceptors (Lipinski definition) is 2. The van der Waals surface area contributed by atoms with Crippen LogP contribution in [0.1, 0.15) is 19.8 Å². The van der Waals surface area contributed by atoms with Crippen LogP contribution in [0, 0.1) is 17.8 Å². The van der Waals surface area contributed by atoms with E-state index in [9.17, 15) is 4.39 Å². The molecule has 0 aromatic heterocycles. The van der Waals surface area contributed by atoms with Gasteiger partial charge in [0.15, 0.2) is 0 Å². The minimum absolute atomic E-state index is 0.285. The van der Waals surface area contributed by atoms with Gasteiger partial charge in [0, 0.05) is 6.42 Å². The smallest absolute Gasteiger partial charge is 0.140 e. The Labute approximate surface area is 118 Å². The number of hydrogen-bond donors (Lipinski definition) is 0. The maximum atomic E-state index is 12.8. The summed E-state index contributed by atoms with van der Waals surface area (Å²) in [6.45, 7) is 2.07. The van der Waals surface area contributed by atoms with Gasteiger partial charge in [-0.25, -0.2) is 4.39 Å². The summed E-state index contributed by atoms with van der Waals surface area (Å²) in [5.41, 5.74) is 0. The van der Waals surface area contributed by atoms with Crippen LogP contribution in [-0.4, -0.2) is 0 Å². The van der Waals surface area contributed by atoms with Gasteiger partial charge in [-0.05, 0) is 55.0 Å². The van der Waals surface area contributed by atoms with Gasteiger partial charge in [0.25, 0.3) is 0 Å². The van der Waals surface area contributed by atoms with Gasteiger partial charge in [0.2, 0.25) is 0 Å². The Hall–Kier alpha value is -2.47. The molecule has 0 bridgehead atoms. The molecule has 20 heavy (non-hydrogen) atoms. The Balaban J connectivity index is 1.94. The monoisotopic (exact) mass is 270 g/mol. The lowest BCUT2D eigenvalue weighted by atomic mass is 10.3. The van der Waals surface area contributed by atoms with Gasteiger partial charge < -0.3 is 9.47 Å². The zero-order valence-corrected chi connectivity index (χ0v) is 11.2. The first kappa shape index (κ1) is 14.0. The van der Waals surface area contributed by atoms with Crippen LogP contribution in [0.2, 0.25) is 0 Å². The van der Waals surface area contributed by atoms with E-state index in [0.29, 0.717) is 17.2 Å². The SMILES string of the molecule is CCCC#COc1ccc(Oc2ccc(F)cc2)cc1. The second-order valence-electron chi connectivity index (χ2n) is 4.16. The fourth-order valence-electron chi connectivity index (χ4n) is 1.49. The molecular weight excluding hydrogens is 255 g/mol. The van der Waals surface area contributed by atoms with Crippen molar-refractivity contribution in [2.24, 2.45) is 0 Å². The summed E-state index contributed by atoms with van der Waals surface area (Å²) in [7, 11) is 0. The maximum absolute atomic E-state index is 12.8. The number of ether oxygens (including phenoxy) is 2. The Morgan fingerprint density at radius 2 is 1.45 bits per heavy atom. The van der Waals surface area contributed by atoms with Gasteiger partial charge >= 0.3 is 0 Å². The van der Waals surface area contributed by atoms with E-state index in [1.54, 1.807) is 36.4 Å². The molecule has 3 heteroatoms. The first-order valence-corrected chi connectivity index (χ1v) is 6.46. The van der Waals surface area contributed by atoms with Crippen molar-refractivity contribution in [3.8, 4) is 29.3 Å². The van der Waals surface area contributed by atoms with Crippen molar-refractivity contribution in [3.05, 3.63) is 54.3 Å². The third-order valence-corrected chi connectivity index (χ3v) is 2.49. The summed E-state index contributed by atoms with van der Waals surface area (Å²) in [5, 5.41) is 0. The second kappa shape index (κ2) is 7.20. The van der Waals surface area contributed by atoms with Crippen molar-refractivity contribution in [1.82, 2.24) is 0 Å². The van der Waals surface area contributed by atoms with Crippen molar-refractivity contribution >= 4 is 0 Å². The molecule has 2 aromatic carbocycles. The highest BCUT2D eigenvalue weighted by atomic mass is 19.1. The fourth-order valence-corrected chi connectivity index (χ4v) is 1.49. The highest BCUT2D eigenvalue weighted by molar-refractivity contribution is 5.35. The van der Waals surface area contributed by atoms with Gasteiger partial charge in [-0.2, -0.15) is 0 Å². The Kier molecular flexibility index (Phi) is 5.02. The zero-order valence-electron chi connectivity index (χ0n) is 11.2. The first-order valence-electron chi connectivity index (χ1n) is 6.46. The Bertz CT molecular complexity index is 592. The van der Waals surface area contributed by atoms with E-state index in [0.717, 1.165) is 12.8 Å². The lowest BCUT2D eigenvalue weighted by molar-refractivity contribution is 0.476. The largest absolute Gasteiger partial charge is 0.457 e. The van der Waals surface area contributed by atoms with Gasteiger partial charge in [-0.1, -0.05) is 12.8 Å². The van der Waals surface area contributed by atoms with Gasteiger partial charge in [-0.3, -0.25) is 0 Å². The van der Waals surface area contributed by atoms with Gasteiger partial charge in [0.1, 0.15) is 29.2 Å². The topological polar surface area (TPSA) is 18.5 Å². The van der Waals surface area contributed by atoms with Crippen molar-refractivity contribution in [2.75, 3.05) is 0 Å². The minimum Gasteiger partial charge on any atom is -0.457 e. The van der Waals surface area contributed by atoms with Crippen LogP contribution in [0.15, 0.2) is 48.5 Å². The van der Waals surface area contributed by atoms with Crippen molar-refractivity contribution < 1.29 is 13.9 Å². The average molecular weight is 270 g/mol. The van der Waals surface area contributed by atoms with E-state index in [-0.39, 0.29) is 5.82 Å². The summed E-state index contributed by atoms with van der Waals surface area (Å²) >= 11 is 0. The Morgan fingerprint density at radius 1 is 0.900 bits per heavy atom. The normalized spacial score (nSPS) is 9.50. The molecule has 0 unspecified atom stereocenters. The standard InChI is InChI=1S/C17H15FO2/c1-2-3-4-13-19-15-9-11-17(12-10-15)20-16-7-5-14(18)6-8-16/h5-12H,2-3H2,1H3. The van der Waals surface area contributed by atoms with Crippen LogP contribution < -0.4 is 9.47 Å². The van der Waals surface area contributed by atoms with E-state index in [2.05, 4.69) is 19.0 Å². The third kappa shape index (κ3) is 4.33. The molecule has 0 amide bonds. The summed E-state index contributed by atoms with van der Waals surface area (Å²) in [4.78, 5) is 0. The lowest BCUT2D eigenvalue weighted by Crippen LogP contribution is -1.86. The predicted octanol–water partition coefficient (Wildman–Crippen LogP) is 4.76. The highest BCUT2D eigenvalue weighted by Gasteiger charge is 1.98. The number of benzene rings is 2. The molecule has 0 heterocycles. The van der Waals surface area contributed by atoms with E-state index in [4.69, 9.17) is 9.47 Å². The zero-order chi connectivity index (χ0) is 14.2. The van der Waals surface area contributed by atoms with E-state index in [1.165, 1.54) is 12.1 Å². The molecule has 2 rings (SSSR count). The van der Waals surface area contributed by atoms with Crippen LogP contribution >= 0.6 is 0 Å². The molecule has 0 radical (unpaired) electrons. The van der Waals surface area contributed by atoms with Gasteiger partial charge in [-0.15, -0.1) is 0 Å². The second-order valence-corrected chi connectivity index (χ2v) is 4.16. The fraction of sp³-hybridized carbons (Fsp3) is 0.176. The van der Waals surface area contributed by atoms with E-state index in [1.807, 2.05) is 0 Å². The van der Waals surface area contributed by atoms with E-state index >= 15 is 0 Å². The number of rotatable bonds is 4. The van der Waals surface area contributed by atoms with Crippen molar-refractivity contribution in [3.63, 3.8) is 0 Å². The molecule has 2 aromatic rings. The molecule has 0 N–H and O–H groups in total. The first-order chi connectivity index (χ1) is 9.78. The van der Waals surface area contributed by atoms with Crippen LogP contribution in [0.4, 0.5) is 4.39 Å². The summed E-state index contributed by atoms with van der Waals surface area (Å²) in [5.74, 6) is 4.53. The minimum atomic E-state index is -0.285. The number of halogens is 1. The number of unbranched alkanes of at least 4 members (excludes halogenated alkanes) is 1. The molecule has 0 saturated carbocycles. The highest BCUT2D eigenvalue weighted by Crippen LogP contribution is 2.23. The van der Waals surface area contributed by atoms with Crippen LogP contribution in [0.25, 0.3) is 0 Å².